The molecule has 2 rings (SSSR count). The van der Waals surface area contributed by atoms with Crippen LogP contribution in [-0.2, 0) is 39.2 Å². The van der Waals surface area contributed by atoms with Gasteiger partial charge in [-0.25, -0.2) is 36.0 Å². The molecule has 0 radical (unpaired) electrons. The molecule has 17 heteroatoms. The van der Waals surface area contributed by atoms with Crippen LogP contribution in [0.2, 0.25) is 0 Å². The summed E-state index contributed by atoms with van der Waals surface area (Å²) >= 11 is 0. The van der Waals surface area contributed by atoms with Crippen LogP contribution in [0, 0.1) is 0 Å². The maximum Gasteiger partial charge on any atom is 2.00 e. The maximum absolute atomic E-state index is 11.8. The summed E-state index contributed by atoms with van der Waals surface area (Å²) in [5.74, 6) is -3.23. The zero-order valence-electron chi connectivity index (χ0n) is 25.4. The zero-order valence-corrected chi connectivity index (χ0v) is 28.4. The molecule has 0 aliphatic rings. The van der Waals surface area contributed by atoms with E-state index < -0.39 is 53.9 Å². The molecule has 2 aromatic carbocycles. The van der Waals surface area contributed by atoms with Crippen LogP contribution < -0.4 is 0 Å². The molecule has 45 heavy (non-hydrogen) atoms. The normalized spacial score (nSPS) is 10.8. The van der Waals surface area contributed by atoms with Crippen LogP contribution in [-0.4, -0.2) is 99.3 Å². The molecule has 0 amide bonds. The van der Waals surface area contributed by atoms with Crippen molar-refractivity contribution in [3.05, 3.63) is 58.7 Å². The van der Waals surface area contributed by atoms with Gasteiger partial charge in [-0.2, -0.15) is 0 Å². The number of benzene rings is 2. The summed E-state index contributed by atoms with van der Waals surface area (Å²) < 4.78 is 86.4. The second-order valence-electron chi connectivity index (χ2n) is 8.94. The first-order valence-electron chi connectivity index (χ1n) is 13.5. The van der Waals surface area contributed by atoms with Crippen LogP contribution in [0.1, 0.15) is 94.8 Å². The molecule has 0 saturated heterocycles. The fraction of sp³-hybridized carbons (Fsp3) is 0.429. The summed E-state index contributed by atoms with van der Waals surface area (Å²) in [4.78, 5) is 45.8. The van der Waals surface area contributed by atoms with Crippen molar-refractivity contribution in [1.82, 2.24) is 0 Å². The van der Waals surface area contributed by atoms with Gasteiger partial charge in [0.2, 0.25) is 0 Å². The number of hydrogen-bond donors (Lipinski definition) is 0. The van der Waals surface area contributed by atoms with E-state index in [1.807, 2.05) is 0 Å². The molecule has 2 aromatic rings. The van der Waals surface area contributed by atoms with Crippen molar-refractivity contribution in [2.24, 2.45) is 0 Å². The number of ether oxygens (including phenoxy) is 4. The largest absolute Gasteiger partial charge is 2.00 e. The fourth-order valence-electron chi connectivity index (χ4n) is 3.07. The third-order valence-electron chi connectivity index (χ3n) is 5.08. The minimum absolute atomic E-state index is 0. The van der Waals surface area contributed by atoms with Gasteiger partial charge in [-0.05, 0) is 62.1 Å². The van der Waals surface area contributed by atoms with Crippen molar-refractivity contribution < 1.29 is 64.1 Å². The van der Waals surface area contributed by atoms with Gasteiger partial charge in [-0.15, -0.1) is 0 Å². The van der Waals surface area contributed by atoms with Crippen molar-refractivity contribution >= 4 is 67.2 Å². The fourth-order valence-corrected chi connectivity index (χ4v) is 4.16. The molecule has 0 fully saturated rings. The zero-order chi connectivity index (χ0) is 33.5. The molecule has 14 nitrogen and oxygen atoms in total. The number of carbonyl (C=O) groups is 4. The quantitative estimate of drug-likeness (QED) is 0.121. The molecule has 0 unspecified atom stereocenters. The van der Waals surface area contributed by atoms with E-state index in [9.17, 15) is 45.1 Å². The van der Waals surface area contributed by atoms with E-state index in [2.05, 4.69) is 0 Å². The van der Waals surface area contributed by atoms with Gasteiger partial charge in [0, 0.05) is 0 Å². The molecule has 0 aliphatic carbocycles. The molecular formula is C28H34MgO14S2. The number of rotatable bonds is 14. The van der Waals surface area contributed by atoms with Gasteiger partial charge in [0.15, 0.2) is 0 Å². The van der Waals surface area contributed by atoms with Crippen LogP contribution in [0.15, 0.2) is 46.2 Å². The van der Waals surface area contributed by atoms with E-state index in [0.717, 1.165) is 36.4 Å². The summed E-state index contributed by atoms with van der Waals surface area (Å²) in [7, 11) is -9.64. The molecule has 0 saturated carbocycles. The Morgan fingerprint density at radius 3 is 0.844 bits per heavy atom. The Bertz CT molecular complexity index is 1340. The second-order valence-corrected chi connectivity index (χ2v) is 11.7. The first kappa shape index (κ1) is 41.9. The van der Waals surface area contributed by atoms with Gasteiger partial charge >= 0.3 is 46.9 Å². The van der Waals surface area contributed by atoms with E-state index in [1.165, 1.54) is 0 Å². The Morgan fingerprint density at radius 2 is 0.689 bits per heavy atom. The SMILES string of the molecule is CCCOC(=O)c1cc(C(=O)OCCC)cc(S(=O)(=O)[O-])c1.CCCOC(=O)c1cc(C(=O)OCCC)cc(S(=O)(=O)[O-])c1.[Mg+2]. The predicted molar refractivity (Wildman–Crippen MR) is 157 cm³/mol. The van der Waals surface area contributed by atoms with Gasteiger partial charge in [0.25, 0.3) is 0 Å². The van der Waals surface area contributed by atoms with Crippen molar-refractivity contribution in [3.8, 4) is 0 Å². The summed E-state index contributed by atoms with van der Waals surface area (Å²) in [6, 6.07) is 5.83. The van der Waals surface area contributed by atoms with E-state index in [0.29, 0.717) is 25.7 Å². The summed E-state index contributed by atoms with van der Waals surface area (Å²) in [5, 5.41) is 0. The average molecular weight is 683 g/mol. The Kier molecular flexibility index (Phi) is 18.7. The van der Waals surface area contributed by atoms with Crippen LogP contribution in [0.3, 0.4) is 0 Å². The first-order chi connectivity index (χ1) is 20.6. The molecule has 0 spiro atoms. The van der Waals surface area contributed by atoms with Crippen molar-refractivity contribution in [2.45, 2.75) is 63.2 Å². The van der Waals surface area contributed by atoms with Gasteiger partial charge in [0.05, 0.1) is 58.5 Å². The van der Waals surface area contributed by atoms with Crippen LogP contribution in [0.25, 0.3) is 0 Å². The smallest absolute Gasteiger partial charge is 0.744 e. The van der Waals surface area contributed by atoms with Crippen LogP contribution in [0.5, 0.6) is 0 Å². The van der Waals surface area contributed by atoms with Crippen LogP contribution >= 0.6 is 0 Å². The van der Waals surface area contributed by atoms with Gasteiger partial charge in [-0.1, -0.05) is 27.7 Å². The molecule has 0 atom stereocenters. The Labute approximate surface area is 278 Å². The van der Waals surface area contributed by atoms with E-state index in [1.54, 1.807) is 27.7 Å². The van der Waals surface area contributed by atoms with E-state index in [4.69, 9.17) is 18.9 Å². The molecule has 244 valence electrons. The monoisotopic (exact) mass is 682 g/mol. The topological polar surface area (TPSA) is 220 Å². The number of esters is 4. The molecule has 0 N–H and O–H groups in total. The van der Waals surface area contributed by atoms with Gasteiger partial charge < -0.3 is 28.1 Å². The summed E-state index contributed by atoms with van der Waals surface area (Å²) in [6.07, 6.45) is 2.32. The molecule has 0 aromatic heterocycles. The minimum Gasteiger partial charge on any atom is -0.744 e. The first-order valence-corrected chi connectivity index (χ1v) is 16.3. The molecule has 0 heterocycles. The number of hydrogen-bond acceptors (Lipinski definition) is 14. The Balaban J connectivity index is 0.000000842. The van der Waals surface area contributed by atoms with Gasteiger partial charge in [-0.3, -0.25) is 0 Å². The summed E-state index contributed by atoms with van der Waals surface area (Å²) in [5.41, 5.74) is -0.745. The summed E-state index contributed by atoms with van der Waals surface area (Å²) in [6.45, 7) is 7.73. The molecule has 0 bridgehead atoms. The van der Waals surface area contributed by atoms with Gasteiger partial charge in [0.1, 0.15) is 20.2 Å². The Hall–Kier alpha value is -3.09. The number of carbonyl (C=O) groups excluding carboxylic acids is 4. The average Bonchev–Trinajstić information content (AvgIpc) is 2.98. The maximum atomic E-state index is 11.8. The van der Waals surface area contributed by atoms with Crippen LogP contribution in [0.4, 0.5) is 0 Å². The molecular weight excluding hydrogens is 649 g/mol. The standard InChI is InChI=1S/2C14H18O7S.Mg/c2*1-3-5-20-13(15)10-7-11(14(16)21-6-4-2)9-12(8-10)22(17,18)19;/h2*7-9H,3-6H2,1-2H3,(H,17,18,19);/q;;+2/p-2. The van der Waals surface area contributed by atoms with E-state index >= 15 is 0 Å². The molecule has 0 aliphatic heterocycles. The third kappa shape index (κ3) is 14.7. The Morgan fingerprint density at radius 1 is 0.489 bits per heavy atom. The minimum atomic E-state index is -4.82. The predicted octanol–water partition coefficient (Wildman–Crippen LogP) is 3.07. The third-order valence-corrected chi connectivity index (χ3v) is 6.71. The van der Waals surface area contributed by atoms with Crippen molar-refractivity contribution in [2.75, 3.05) is 26.4 Å². The van der Waals surface area contributed by atoms with Crippen molar-refractivity contribution in [3.63, 3.8) is 0 Å². The second kappa shape index (κ2) is 20.1. The van der Waals surface area contributed by atoms with Crippen molar-refractivity contribution in [1.29, 1.82) is 0 Å². The van der Waals surface area contributed by atoms with E-state index in [-0.39, 0.29) is 71.7 Å².